The van der Waals surface area contributed by atoms with Crippen molar-refractivity contribution in [3.8, 4) is 5.75 Å². The molecule has 5 rings (SSSR count). The van der Waals surface area contributed by atoms with E-state index in [1.807, 2.05) is 0 Å². The van der Waals surface area contributed by atoms with Crippen LogP contribution in [0.25, 0.3) is 16.6 Å². The highest BCUT2D eigenvalue weighted by Gasteiger charge is 2.36. The molecule has 0 radical (unpaired) electrons. The fourth-order valence-electron chi connectivity index (χ4n) is 4.04. The van der Waals surface area contributed by atoms with Gasteiger partial charge in [-0.15, -0.1) is 0 Å². The Bertz CT molecular complexity index is 1420. The first-order valence-corrected chi connectivity index (χ1v) is 9.87. The van der Waals surface area contributed by atoms with Gasteiger partial charge in [-0.1, -0.05) is 6.07 Å². The molecule has 1 amide bonds. The summed E-state index contributed by atoms with van der Waals surface area (Å²) >= 11 is 0. The predicted molar refractivity (Wildman–Crippen MR) is 111 cm³/mol. The summed E-state index contributed by atoms with van der Waals surface area (Å²) in [6.45, 7) is 2.17. The van der Waals surface area contributed by atoms with Gasteiger partial charge in [-0.25, -0.2) is 9.97 Å². The van der Waals surface area contributed by atoms with Crippen LogP contribution in [0.2, 0.25) is 0 Å². The number of nitrogens with two attached hydrogens (primary N) is 1. The van der Waals surface area contributed by atoms with Gasteiger partial charge in [0, 0.05) is 17.7 Å². The van der Waals surface area contributed by atoms with Crippen molar-refractivity contribution < 1.29 is 24.1 Å². The number of imidazole rings is 1. The maximum absolute atomic E-state index is 13.4. The number of nitrogens with zero attached hydrogens (tertiary/aromatic N) is 4. The fraction of sp³-hybridized carbons (Fsp3) is 0.227. The molecule has 0 saturated carbocycles. The van der Waals surface area contributed by atoms with Gasteiger partial charge in [0.05, 0.1) is 35.1 Å². The van der Waals surface area contributed by atoms with Crippen molar-refractivity contribution in [3.05, 3.63) is 65.6 Å². The lowest BCUT2D eigenvalue weighted by atomic mass is 10.0. The molecule has 0 fully saturated rings. The second kappa shape index (κ2) is 7.11. The third kappa shape index (κ3) is 3.10. The summed E-state index contributed by atoms with van der Waals surface area (Å²) in [4.78, 5) is 23.3. The van der Waals surface area contributed by atoms with E-state index in [0.29, 0.717) is 34.2 Å². The summed E-state index contributed by atoms with van der Waals surface area (Å²) in [6, 6.07) is 7.65. The van der Waals surface area contributed by atoms with Crippen molar-refractivity contribution in [1.29, 1.82) is 0 Å². The summed E-state index contributed by atoms with van der Waals surface area (Å²) in [5, 5.41) is 0. The number of rotatable bonds is 3. The van der Waals surface area contributed by atoms with Gasteiger partial charge < -0.3 is 15.4 Å². The van der Waals surface area contributed by atoms with Crippen LogP contribution >= 0.6 is 0 Å². The Morgan fingerprint density at radius 1 is 1.31 bits per heavy atom. The molecule has 3 heterocycles. The highest BCUT2D eigenvalue weighted by Crippen LogP contribution is 2.40. The first-order chi connectivity index (χ1) is 15.7. The molecule has 164 valence electrons. The molecular weight excluding hydrogens is 423 g/mol. The molecule has 0 aliphatic carbocycles. The molecule has 2 N–H and O–H groups in total. The third-order valence-corrected chi connectivity index (χ3v) is 5.63. The number of aromatic nitrogens is 3. The average Bonchev–Trinajstić information content (AvgIpc) is 3.38. The minimum Gasteiger partial charge on any atom is -0.491 e. The van der Waals surface area contributed by atoms with Gasteiger partial charge in [0.2, 0.25) is 0 Å². The lowest BCUT2D eigenvalue weighted by Gasteiger charge is -2.27. The van der Waals surface area contributed by atoms with E-state index in [-0.39, 0.29) is 30.4 Å². The van der Waals surface area contributed by atoms with Crippen LogP contribution in [0.5, 0.6) is 5.75 Å². The van der Waals surface area contributed by atoms with Crippen LogP contribution in [0.3, 0.4) is 0 Å². The number of hydrogen-bond donors (Lipinski definition) is 1. The maximum Gasteiger partial charge on any atom is 0.416 e. The number of amides is 1. The zero-order valence-electron chi connectivity index (χ0n) is 17.8. The normalized spacial score (nSPS) is 16.1. The molecule has 4 aromatic rings. The van der Waals surface area contributed by atoms with E-state index < -0.39 is 17.8 Å². The van der Waals surface area contributed by atoms with Crippen LogP contribution in [0.4, 0.5) is 19.0 Å². The Labute approximate surface area is 181 Å². The van der Waals surface area contributed by atoms with E-state index in [1.54, 1.807) is 30.0 Å². The predicted octanol–water partition coefficient (Wildman–Crippen LogP) is 4.08. The Kier molecular flexibility index (Phi) is 4.20. The monoisotopic (exact) mass is 442 g/mol. The maximum atomic E-state index is 13.4. The highest BCUT2D eigenvalue weighted by atomic mass is 19.4. The van der Waals surface area contributed by atoms with Crippen LogP contribution in [0.1, 0.15) is 35.8 Å². The molecule has 0 spiro atoms. The van der Waals surface area contributed by atoms with Gasteiger partial charge in [0.1, 0.15) is 25.1 Å². The third-order valence-electron chi connectivity index (χ3n) is 5.63. The van der Waals surface area contributed by atoms with E-state index in [2.05, 4.69) is 9.97 Å². The molecule has 2 aromatic heterocycles. The van der Waals surface area contributed by atoms with Crippen LogP contribution in [-0.4, -0.2) is 38.3 Å². The number of carbonyl (C=O) groups excluding carboxylic acids is 1. The second-order valence-corrected chi connectivity index (χ2v) is 7.45. The van der Waals surface area contributed by atoms with E-state index in [4.69, 9.17) is 11.8 Å². The van der Waals surface area contributed by atoms with Gasteiger partial charge in [-0.3, -0.25) is 9.20 Å². The van der Waals surface area contributed by atoms with Crippen molar-refractivity contribution in [2.75, 3.05) is 18.9 Å². The molecule has 7 nitrogen and oxygen atoms in total. The highest BCUT2D eigenvalue weighted by molar-refractivity contribution is 5.98. The van der Waals surface area contributed by atoms with E-state index in [9.17, 15) is 18.0 Å². The molecule has 0 unspecified atom stereocenters. The number of benzene rings is 2. The Hall–Kier alpha value is -3.82. The van der Waals surface area contributed by atoms with E-state index in [1.165, 1.54) is 16.7 Å². The standard InChI is InChI=1S/C22H18F3N5O2/c1-2-29(18-10-32-19-8-13(22(23,24)25)4-5-14(18)19)21(31)12-3-6-15-16(7-12)30-11-27-9-17(30)20(26)28-15/h3-9,11,18H,2,10H2,1H3,(H2,26,28)/t18-/m1/s1/i11D. The van der Waals surface area contributed by atoms with Gasteiger partial charge in [-0.05, 0) is 37.3 Å². The summed E-state index contributed by atoms with van der Waals surface area (Å²) in [6.07, 6.45) is -3.08. The zero-order valence-corrected chi connectivity index (χ0v) is 16.8. The number of anilines is 1. The minimum atomic E-state index is -4.48. The van der Waals surface area contributed by atoms with Gasteiger partial charge in [-0.2, -0.15) is 13.2 Å². The first kappa shape index (κ1) is 18.9. The van der Waals surface area contributed by atoms with Crippen LogP contribution in [-0.2, 0) is 6.18 Å². The molecule has 1 aliphatic heterocycles. The minimum absolute atomic E-state index is 0.0420. The van der Waals surface area contributed by atoms with Gasteiger partial charge in [0.15, 0.2) is 0 Å². The number of nitrogen functional groups attached to an aromatic ring is 1. The number of likely N-dealkylation sites (N-methyl/N-ethyl adjacent to an activating group) is 1. The largest absolute Gasteiger partial charge is 0.491 e. The van der Waals surface area contributed by atoms with E-state index >= 15 is 0 Å². The molecular formula is C22H18F3N5O2. The van der Waals surface area contributed by atoms with Crippen LogP contribution < -0.4 is 10.5 Å². The van der Waals surface area contributed by atoms with Gasteiger partial charge in [0.25, 0.3) is 5.91 Å². The number of ether oxygens (including phenoxy) is 1. The summed E-state index contributed by atoms with van der Waals surface area (Å²) in [5.74, 6) is 0.0244. The average molecular weight is 442 g/mol. The van der Waals surface area contributed by atoms with Crippen LogP contribution in [0, 0.1) is 0 Å². The Morgan fingerprint density at radius 3 is 2.88 bits per heavy atom. The number of hydrogen-bond acceptors (Lipinski definition) is 5. The quantitative estimate of drug-likeness (QED) is 0.517. The van der Waals surface area contributed by atoms with Crippen molar-refractivity contribution in [2.24, 2.45) is 0 Å². The number of halogens is 3. The molecule has 0 saturated heterocycles. The summed E-state index contributed by atoms with van der Waals surface area (Å²) in [5.41, 5.74) is 7.48. The first-order valence-electron chi connectivity index (χ1n) is 10.4. The summed E-state index contributed by atoms with van der Waals surface area (Å²) < 4.78 is 54.2. The van der Waals surface area contributed by atoms with Crippen molar-refractivity contribution in [2.45, 2.75) is 19.1 Å². The fourth-order valence-corrected chi connectivity index (χ4v) is 4.04. The second-order valence-electron chi connectivity index (χ2n) is 7.45. The molecule has 10 heteroatoms. The Balaban J connectivity index is 1.54. The molecule has 32 heavy (non-hydrogen) atoms. The molecule has 2 aromatic carbocycles. The molecule has 0 bridgehead atoms. The number of carbonyl (C=O) groups is 1. The zero-order chi connectivity index (χ0) is 23.5. The van der Waals surface area contributed by atoms with Crippen molar-refractivity contribution in [1.82, 2.24) is 19.3 Å². The van der Waals surface area contributed by atoms with E-state index in [0.717, 1.165) is 12.1 Å². The lowest BCUT2D eigenvalue weighted by Crippen LogP contribution is -2.35. The number of alkyl halides is 3. The molecule has 1 aliphatic rings. The number of fused-ring (bicyclic) bond motifs is 4. The lowest BCUT2D eigenvalue weighted by molar-refractivity contribution is -0.137. The SMILES string of the molecule is [2H]c1ncc2c(N)nc3ccc(C(=O)N(CC)[C@@H]4COc5cc(C(F)(F)F)ccc54)cc3n12. The summed E-state index contributed by atoms with van der Waals surface area (Å²) in [7, 11) is 0. The van der Waals surface area contributed by atoms with Crippen molar-refractivity contribution >= 4 is 28.3 Å². The van der Waals surface area contributed by atoms with Gasteiger partial charge >= 0.3 is 6.18 Å². The smallest absolute Gasteiger partial charge is 0.416 e. The Morgan fingerprint density at radius 2 is 2.12 bits per heavy atom. The van der Waals surface area contributed by atoms with Crippen molar-refractivity contribution in [3.63, 3.8) is 0 Å². The topological polar surface area (TPSA) is 85.8 Å². The molecule has 1 atom stereocenters. The van der Waals surface area contributed by atoms with Crippen LogP contribution in [0.15, 0.2) is 48.9 Å².